The lowest BCUT2D eigenvalue weighted by molar-refractivity contribution is 0.602. The highest BCUT2D eigenvalue weighted by Gasteiger charge is 2.10. The van der Waals surface area contributed by atoms with Crippen LogP contribution in [0.15, 0.2) is 36.5 Å². The third kappa shape index (κ3) is 1.79. The first-order valence-electron chi connectivity index (χ1n) is 4.34. The van der Waals surface area contributed by atoms with Crippen LogP contribution >= 0.6 is 0 Å². The maximum absolute atomic E-state index is 13.4. The van der Waals surface area contributed by atoms with E-state index in [0.29, 0.717) is 5.69 Å². The van der Waals surface area contributed by atoms with Crippen LogP contribution in [0.25, 0.3) is 11.3 Å². The van der Waals surface area contributed by atoms with Gasteiger partial charge >= 0.3 is 0 Å². The zero-order valence-corrected chi connectivity index (χ0v) is 7.74. The Balaban J connectivity index is 2.64. The molecule has 0 bridgehead atoms. The number of halogens is 2. The molecule has 0 saturated heterocycles. The fraction of sp³-hybridized carbons (Fsp3) is 0. The summed E-state index contributed by atoms with van der Waals surface area (Å²) in [7, 11) is 0. The molecule has 0 spiro atoms. The minimum absolute atomic E-state index is 0.0769. The van der Waals surface area contributed by atoms with E-state index in [2.05, 4.69) is 4.98 Å². The molecule has 1 aromatic carbocycles. The number of benzene rings is 1. The molecule has 1 aromatic heterocycles. The Morgan fingerprint density at radius 2 is 1.93 bits per heavy atom. The van der Waals surface area contributed by atoms with Gasteiger partial charge in [0, 0.05) is 11.8 Å². The van der Waals surface area contributed by atoms with E-state index in [9.17, 15) is 8.78 Å². The van der Waals surface area contributed by atoms with Gasteiger partial charge in [-0.3, -0.25) is 4.98 Å². The second-order valence-corrected chi connectivity index (χ2v) is 3.07. The predicted molar refractivity (Wildman–Crippen MR) is 54.0 cm³/mol. The molecular weight excluding hydrogens is 198 g/mol. The molecule has 0 fully saturated rings. The summed E-state index contributed by atoms with van der Waals surface area (Å²) in [5.41, 5.74) is 6.28. The van der Waals surface area contributed by atoms with Gasteiger partial charge in [0.15, 0.2) is 0 Å². The van der Waals surface area contributed by atoms with Gasteiger partial charge < -0.3 is 5.73 Å². The summed E-state index contributed by atoms with van der Waals surface area (Å²) in [6.45, 7) is 0. The van der Waals surface area contributed by atoms with Crippen LogP contribution in [0, 0.1) is 11.6 Å². The highest BCUT2D eigenvalue weighted by atomic mass is 19.1. The number of hydrogen-bond acceptors (Lipinski definition) is 2. The minimum atomic E-state index is -0.540. The highest BCUT2D eigenvalue weighted by molar-refractivity contribution is 5.72. The van der Waals surface area contributed by atoms with Crippen LogP contribution in [-0.4, -0.2) is 4.98 Å². The topological polar surface area (TPSA) is 38.9 Å². The van der Waals surface area contributed by atoms with E-state index < -0.39 is 11.6 Å². The van der Waals surface area contributed by atoms with E-state index in [1.165, 1.54) is 6.20 Å². The van der Waals surface area contributed by atoms with E-state index in [0.717, 1.165) is 18.2 Å². The summed E-state index contributed by atoms with van der Waals surface area (Å²) >= 11 is 0. The van der Waals surface area contributed by atoms with E-state index in [4.69, 9.17) is 5.73 Å². The van der Waals surface area contributed by atoms with Crippen molar-refractivity contribution < 1.29 is 8.78 Å². The molecule has 2 N–H and O–H groups in total. The number of nitrogens with two attached hydrogens (primary N) is 1. The van der Waals surface area contributed by atoms with Crippen molar-refractivity contribution in [1.29, 1.82) is 0 Å². The van der Waals surface area contributed by atoms with Gasteiger partial charge in [-0.25, -0.2) is 8.78 Å². The number of anilines is 1. The first kappa shape index (κ1) is 9.58. The quantitative estimate of drug-likeness (QED) is 0.778. The van der Waals surface area contributed by atoms with Crippen LogP contribution in [0.5, 0.6) is 0 Å². The normalized spacial score (nSPS) is 10.3. The molecule has 76 valence electrons. The van der Waals surface area contributed by atoms with Crippen molar-refractivity contribution in [2.75, 3.05) is 5.73 Å². The summed E-state index contributed by atoms with van der Waals surface area (Å²) in [5, 5.41) is 0. The molecule has 2 aromatic rings. The van der Waals surface area contributed by atoms with Crippen molar-refractivity contribution in [2.24, 2.45) is 0 Å². The monoisotopic (exact) mass is 206 g/mol. The Bertz CT molecular complexity index is 498. The predicted octanol–water partition coefficient (Wildman–Crippen LogP) is 2.61. The third-order valence-electron chi connectivity index (χ3n) is 2.02. The number of aromatic nitrogens is 1. The number of pyridine rings is 1. The first-order chi connectivity index (χ1) is 7.18. The lowest BCUT2D eigenvalue weighted by atomic mass is 10.1. The minimum Gasteiger partial charge on any atom is -0.397 e. The molecule has 4 heteroatoms. The summed E-state index contributed by atoms with van der Waals surface area (Å²) in [6.07, 6.45) is 1.48. The lowest BCUT2D eigenvalue weighted by Crippen LogP contribution is -1.95. The van der Waals surface area contributed by atoms with Crippen molar-refractivity contribution in [1.82, 2.24) is 4.98 Å². The van der Waals surface area contributed by atoms with Gasteiger partial charge in [0.25, 0.3) is 0 Å². The van der Waals surface area contributed by atoms with Gasteiger partial charge in [-0.2, -0.15) is 0 Å². The van der Waals surface area contributed by atoms with E-state index in [1.807, 2.05) is 0 Å². The summed E-state index contributed by atoms with van der Waals surface area (Å²) in [5.74, 6) is -1.06. The molecule has 2 rings (SSSR count). The Labute approximate surface area is 85.4 Å². The van der Waals surface area contributed by atoms with Crippen LogP contribution < -0.4 is 5.73 Å². The SMILES string of the molecule is Nc1cccnc1-c1cc(F)ccc1F. The average molecular weight is 206 g/mol. The largest absolute Gasteiger partial charge is 0.397 e. The number of nitrogen functional groups attached to an aromatic ring is 1. The Morgan fingerprint density at radius 3 is 2.67 bits per heavy atom. The smallest absolute Gasteiger partial charge is 0.132 e. The Hall–Kier alpha value is -1.97. The van der Waals surface area contributed by atoms with Crippen LogP contribution in [0.1, 0.15) is 0 Å². The molecule has 0 saturated carbocycles. The van der Waals surface area contributed by atoms with E-state index in [1.54, 1.807) is 12.1 Å². The molecule has 0 aliphatic carbocycles. The van der Waals surface area contributed by atoms with Gasteiger partial charge in [-0.1, -0.05) is 0 Å². The molecule has 0 radical (unpaired) electrons. The van der Waals surface area contributed by atoms with Crippen LogP contribution in [0.4, 0.5) is 14.5 Å². The van der Waals surface area contributed by atoms with E-state index >= 15 is 0 Å². The Morgan fingerprint density at radius 1 is 1.13 bits per heavy atom. The molecule has 0 aliphatic heterocycles. The maximum Gasteiger partial charge on any atom is 0.132 e. The molecule has 0 aliphatic rings. The van der Waals surface area contributed by atoms with E-state index in [-0.39, 0.29) is 11.3 Å². The summed E-state index contributed by atoms with van der Waals surface area (Å²) in [4.78, 5) is 3.92. The van der Waals surface area contributed by atoms with Crippen molar-refractivity contribution >= 4 is 5.69 Å². The zero-order valence-electron chi connectivity index (χ0n) is 7.74. The molecule has 0 amide bonds. The number of hydrogen-bond donors (Lipinski definition) is 1. The number of nitrogens with zero attached hydrogens (tertiary/aromatic N) is 1. The van der Waals surface area contributed by atoms with Gasteiger partial charge in [-0.15, -0.1) is 0 Å². The molecule has 1 heterocycles. The number of rotatable bonds is 1. The first-order valence-corrected chi connectivity index (χ1v) is 4.34. The highest BCUT2D eigenvalue weighted by Crippen LogP contribution is 2.26. The van der Waals surface area contributed by atoms with Crippen molar-refractivity contribution in [3.05, 3.63) is 48.2 Å². The second kappa shape index (κ2) is 3.65. The van der Waals surface area contributed by atoms with Crippen molar-refractivity contribution in [3.8, 4) is 11.3 Å². The van der Waals surface area contributed by atoms with Gasteiger partial charge in [0.2, 0.25) is 0 Å². The maximum atomic E-state index is 13.4. The standard InChI is InChI=1S/C11H8F2N2/c12-7-3-4-9(13)8(6-7)11-10(14)2-1-5-15-11/h1-6H,14H2. The van der Waals surface area contributed by atoms with Gasteiger partial charge in [-0.05, 0) is 30.3 Å². The second-order valence-electron chi connectivity index (χ2n) is 3.07. The van der Waals surface area contributed by atoms with Gasteiger partial charge in [0.05, 0.1) is 11.4 Å². The molecule has 15 heavy (non-hydrogen) atoms. The Kier molecular flexibility index (Phi) is 2.33. The summed E-state index contributed by atoms with van der Waals surface area (Å²) < 4.78 is 26.3. The molecular formula is C11H8F2N2. The summed E-state index contributed by atoms with van der Waals surface area (Å²) in [6, 6.07) is 6.41. The fourth-order valence-corrected chi connectivity index (χ4v) is 1.32. The zero-order chi connectivity index (χ0) is 10.8. The molecule has 2 nitrogen and oxygen atoms in total. The lowest BCUT2D eigenvalue weighted by Gasteiger charge is -2.05. The fourth-order valence-electron chi connectivity index (χ4n) is 1.32. The van der Waals surface area contributed by atoms with Crippen LogP contribution in [0.3, 0.4) is 0 Å². The molecule has 0 atom stereocenters. The van der Waals surface area contributed by atoms with Crippen molar-refractivity contribution in [2.45, 2.75) is 0 Å². The van der Waals surface area contributed by atoms with Crippen LogP contribution in [0.2, 0.25) is 0 Å². The molecule has 0 unspecified atom stereocenters. The third-order valence-corrected chi connectivity index (χ3v) is 2.02. The van der Waals surface area contributed by atoms with Gasteiger partial charge in [0.1, 0.15) is 11.6 Å². The average Bonchev–Trinajstić information content (AvgIpc) is 2.23. The van der Waals surface area contributed by atoms with Crippen LogP contribution in [-0.2, 0) is 0 Å². The van der Waals surface area contributed by atoms with Crippen molar-refractivity contribution in [3.63, 3.8) is 0 Å².